The largest absolute Gasteiger partial charge is 0.397 e. The van der Waals surface area contributed by atoms with Gasteiger partial charge in [0.25, 0.3) is 0 Å². The van der Waals surface area contributed by atoms with Gasteiger partial charge < -0.3 is 10.6 Å². The van der Waals surface area contributed by atoms with E-state index in [0.717, 1.165) is 18.9 Å². The molecular weight excluding hydrogens is 266 g/mol. The highest BCUT2D eigenvalue weighted by atomic mass is 35.5. The molecule has 0 atom stereocenters. The van der Waals surface area contributed by atoms with Gasteiger partial charge in [0.2, 0.25) is 5.91 Å². The zero-order valence-electron chi connectivity index (χ0n) is 8.92. The number of hydrogen-bond acceptors (Lipinski definition) is 2. The van der Waals surface area contributed by atoms with Crippen LogP contribution in [0.25, 0.3) is 0 Å². The van der Waals surface area contributed by atoms with Crippen molar-refractivity contribution in [2.45, 2.75) is 18.9 Å². The predicted molar refractivity (Wildman–Crippen MR) is 67.1 cm³/mol. The maximum atomic E-state index is 13.2. The lowest BCUT2D eigenvalue weighted by molar-refractivity contribution is -0.116. The number of nitrogens with two attached hydrogens (primary N) is 1. The van der Waals surface area contributed by atoms with Gasteiger partial charge in [-0.25, -0.2) is 4.39 Å². The number of rotatable bonds is 3. The Bertz CT molecular complexity index is 463. The van der Waals surface area contributed by atoms with E-state index in [-0.39, 0.29) is 28.5 Å². The number of anilines is 2. The van der Waals surface area contributed by atoms with Gasteiger partial charge in [-0.05, 0) is 18.9 Å². The minimum Gasteiger partial charge on any atom is -0.397 e. The molecule has 1 aliphatic carbocycles. The summed E-state index contributed by atoms with van der Waals surface area (Å²) in [6, 6.07) is 2.59. The number of nitrogens with zero attached hydrogens (tertiary/aromatic N) is 1. The Morgan fingerprint density at radius 1 is 1.53 bits per heavy atom. The molecule has 1 aromatic carbocycles. The van der Waals surface area contributed by atoms with E-state index in [2.05, 4.69) is 0 Å². The summed E-state index contributed by atoms with van der Waals surface area (Å²) in [5.74, 6) is -0.976. The smallest absolute Gasteiger partial charge is 0.242 e. The summed E-state index contributed by atoms with van der Waals surface area (Å²) in [4.78, 5) is 13.3. The summed E-state index contributed by atoms with van der Waals surface area (Å²) >= 11 is 11.3. The first-order chi connectivity index (χ1) is 8.04. The first kappa shape index (κ1) is 12.5. The van der Waals surface area contributed by atoms with Crippen LogP contribution in [0.3, 0.4) is 0 Å². The molecule has 3 nitrogen and oxygen atoms in total. The van der Waals surface area contributed by atoms with Gasteiger partial charge in [-0.15, -0.1) is 11.6 Å². The topological polar surface area (TPSA) is 46.3 Å². The Hall–Kier alpha value is -1.00. The molecule has 0 unspecified atom stereocenters. The van der Waals surface area contributed by atoms with Gasteiger partial charge in [-0.1, -0.05) is 11.6 Å². The summed E-state index contributed by atoms with van der Waals surface area (Å²) in [5, 5.41) is -0.0535. The number of hydrogen-bond donors (Lipinski definition) is 1. The van der Waals surface area contributed by atoms with E-state index in [9.17, 15) is 9.18 Å². The first-order valence-corrected chi connectivity index (χ1v) is 6.08. The molecular formula is C11H11Cl2FN2O. The van der Waals surface area contributed by atoms with Gasteiger partial charge in [-0.2, -0.15) is 0 Å². The average molecular weight is 277 g/mol. The lowest BCUT2D eigenvalue weighted by Crippen LogP contribution is -2.34. The molecule has 0 saturated heterocycles. The fourth-order valence-corrected chi connectivity index (χ4v) is 1.98. The quantitative estimate of drug-likeness (QED) is 0.682. The van der Waals surface area contributed by atoms with Gasteiger partial charge in [0, 0.05) is 12.1 Å². The van der Waals surface area contributed by atoms with E-state index >= 15 is 0 Å². The summed E-state index contributed by atoms with van der Waals surface area (Å²) < 4.78 is 13.2. The van der Waals surface area contributed by atoms with Crippen molar-refractivity contribution in [3.8, 4) is 0 Å². The van der Waals surface area contributed by atoms with E-state index in [0.29, 0.717) is 5.69 Å². The molecule has 6 heteroatoms. The molecule has 0 aliphatic heterocycles. The number of benzene rings is 1. The molecule has 1 aliphatic rings. The minimum absolute atomic E-state index is 0.0535. The Morgan fingerprint density at radius 2 is 2.18 bits per heavy atom. The van der Waals surface area contributed by atoms with Crippen molar-refractivity contribution in [2.24, 2.45) is 0 Å². The van der Waals surface area contributed by atoms with E-state index in [4.69, 9.17) is 28.9 Å². The Morgan fingerprint density at radius 3 is 2.71 bits per heavy atom. The van der Waals surface area contributed by atoms with Crippen LogP contribution in [0.4, 0.5) is 15.8 Å². The monoisotopic (exact) mass is 276 g/mol. The molecule has 0 heterocycles. The van der Waals surface area contributed by atoms with Crippen molar-refractivity contribution in [2.75, 3.05) is 16.5 Å². The van der Waals surface area contributed by atoms with Crippen LogP contribution in [0.2, 0.25) is 5.02 Å². The van der Waals surface area contributed by atoms with Crippen LogP contribution in [0.15, 0.2) is 12.1 Å². The third-order valence-electron chi connectivity index (χ3n) is 2.62. The van der Waals surface area contributed by atoms with Crippen molar-refractivity contribution in [1.29, 1.82) is 0 Å². The average Bonchev–Trinajstić information content (AvgIpc) is 3.09. The van der Waals surface area contributed by atoms with Crippen molar-refractivity contribution < 1.29 is 9.18 Å². The highest BCUT2D eigenvalue weighted by Crippen LogP contribution is 2.37. The summed E-state index contributed by atoms with van der Waals surface area (Å²) in [5.41, 5.74) is 6.34. The maximum Gasteiger partial charge on any atom is 0.242 e. The van der Waals surface area contributed by atoms with Crippen LogP contribution in [-0.4, -0.2) is 17.8 Å². The minimum atomic E-state index is -0.595. The Labute approximate surface area is 108 Å². The van der Waals surface area contributed by atoms with Crippen LogP contribution in [0.1, 0.15) is 12.8 Å². The summed E-state index contributed by atoms with van der Waals surface area (Å²) in [7, 11) is 0. The van der Waals surface area contributed by atoms with E-state index in [1.807, 2.05) is 0 Å². The van der Waals surface area contributed by atoms with Crippen molar-refractivity contribution in [1.82, 2.24) is 0 Å². The first-order valence-electron chi connectivity index (χ1n) is 5.17. The highest BCUT2D eigenvalue weighted by Gasteiger charge is 2.34. The van der Waals surface area contributed by atoms with Crippen molar-refractivity contribution in [3.05, 3.63) is 23.0 Å². The summed E-state index contributed by atoms with van der Waals surface area (Å²) in [6.45, 7) is 0. The number of halogens is 3. The fourth-order valence-electron chi connectivity index (χ4n) is 1.69. The second-order valence-corrected chi connectivity index (χ2v) is 4.63. The van der Waals surface area contributed by atoms with Crippen LogP contribution in [0, 0.1) is 5.82 Å². The molecule has 92 valence electrons. The van der Waals surface area contributed by atoms with Gasteiger partial charge in [0.1, 0.15) is 11.7 Å². The zero-order chi connectivity index (χ0) is 12.6. The molecule has 0 aromatic heterocycles. The molecule has 17 heavy (non-hydrogen) atoms. The number of carbonyl (C=O) groups is 1. The van der Waals surface area contributed by atoms with Gasteiger partial charge in [0.15, 0.2) is 0 Å². The SMILES string of the molecule is Nc1cc(F)c(Cl)cc1N(C(=O)CCl)C1CC1. The van der Waals surface area contributed by atoms with E-state index in [1.165, 1.54) is 11.0 Å². The lowest BCUT2D eigenvalue weighted by Gasteiger charge is -2.23. The third-order valence-corrected chi connectivity index (χ3v) is 3.14. The fraction of sp³-hybridized carbons (Fsp3) is 0.364. The second kappa shape index (κ2) is 4.70. The highest BCUT2D eigenvalue weighted by molar-refractivity contribution is 6.32. The molecule has 0 radical (unpaired) electrons. The molecule has 2 N–H and O–H groups in total. The Kier molecular flexibility index (Phi) is 3.45. The Balaban J connectivity index is 2.42. The molecule has 1 amide bonds. The molecule has 2 rings (SSSR count). The van der Waals surface area contributed by atoms with Gasteiger partial charge >= 0.3 is 0 Å². The van der Waals surface area contributed by atoms with E-state index in [1.54, 1.807) is 0 Å². The number of nitrogen functional groups attached to an aromatic ring is 1. The van der Waals surface area contributed by atoms with Crippen LogP contribution >= 0.6 is 23.2 Å². The number of amides is 1. The number of carbonyl (C=O) groups excluding carboxylic acids is 1. The normalized spacial score (nSPS) is 14.8. The molecule has 1 saturated carbocycles. The molecule has 0 spiro atoms. The van der Waals surface area contributed by atoms with Crippen molar-refractivity contribution >= 4 is 40.5 Å². The molecule has 0 bridgehead atoms. The second-order valence-electron chi connectivity index (χ2n) is 3.95. The number of alkyl halides is 1. The van der Waals surface area contributed by atoms with Crippen LogP contribution in [0.5, 0.6) is 0 Å². The van der Waals surface area contributed by atoms with Crippen molar-refractivity contribution in [3.63, 3.8) is 0 Å². The molecule has 1 aromatic rings. The lowest BCUT2D eigenvalue weighted by atomic mass is 10.2. The third kappa shape index (κ3) is 2.48. The van der Waals surface area contributed by atoms with E-state index < -0.39 is 5.82 Å². The standard InChI is InChI=1S/C11H11Cl2FN2O/c12-5-11(17)16(6-1-2-6)10-3-7(13)8(14)4-9(10)15/h3-4,6H,1-2,5,15H2. The zero-order valence-corrected chi connectivity index (χ0v) is 10.4. The predicted octanol–water partition coefficient (Wildman–Crippen LogP) is 2.80. The maximum absolute atomic E-state index is 13.2. The van der Waals surface area contributed by atoms with Gasteiger partial charge in [-0.3, -0.25) is 4.79 Å². The van der Waals surface area contributed by atoms with Crippen LogP contribution < -0.4 is 10.6 Å². The molecule has 1 fully saturated rings. The summed E-state index contributed by atoms with van der Waals surface area (Å²) in [6.07, 6.45) is 1.80. The van der Waals surface area contributed by atoms with Crippen LogP contribution in [-0.2, 0) is 4.79 Å². The van der Waals surface area contributed by atoms with Gasteiger partial charge in [0.05, 0.1) is 16.4 Å².